The molecule has 1 heterocycles. The lowest BCUT2D eigenvalue weighted by atomic mass is 10.0. The van der Waals surface area contributed by atoms with E-state index in [0.29, 0.717) is 26.1 Å². The third kappa shape index (κ3) is 4.85. The molecule has 7 heteroatoms. The van der Waals surface area contributed by atoms with Crippen LogP contribution in [0.15, 0.2) is 30.3 Å². The zero-order valence-corrected chi connectivity index (χ0v) is 14.7. The lowest BCUT2D eigenvalue weighted by Crippen LogP contribution is -2.51. The van der Waals surface area contributed by atoms with E-state index in [9.17, 15) is 8.96 Å². The van der Waals surface area contributed by atoms with Crippen LogP contribution in [0.3, 0.4) is 0 Å². The quantitative estimate of drug-likeness (QED) is 0.733. The summed E-state index contributed by atoms with van der Waals surface area (Å²) < 4.78 is 40.3. The van der Waals surface area contributed by atoms with Gasteiger partial charge in [-0.2, -0.15) is 4.67 Å². The van der Waals surface area contributed by atoms with E-state index in [1.807, 2.05) is 30.3 Å². The predicted molar refractivity (Wildman–Crippen MR) is 89.0 cm³/mol. The molecule has 2 atom stereocenters. The van der Waals surface area contributed by atoms with E-state index in [1.54, 1.807) is 18.5 Å². The normalized spacial score (nSPS) is 22.4. The van der Waals surface area contributed by atoms with Crippen LogP contribution in [0.2, 0.25) is 0 Å². The van der Waals surface area contributed by atoms with Crippen molar-refractivity contribution in [3.05, 3.63) is 35.9 Å². The van der Waals surface area contributed by atoms with E-state index >= 15 is 0 Å². The van der Waals surface area contributed by atoms with Gasteiger partial charge in [0.2, 0.25) is 0 Å². The molecule has 1 aromatic carbocycles. The molecule has 2 rings (SSSR count). The van der Waals surface area contributed by atoms with E-state index in [4.69, 9.17) is 9.05 Å². The predicted octanol–water partition coefficient (Wildman–Crippen LogP) is 3.37. The van der Waals surface area contributed by atoms with Gasteiger partial charge in [0.05, 0.1) is 19.3 Å². The smallest absolute Gasteiger partial charge is 0.315 e. The van der Waals surface area contributed by atoms with Crippen LogP contribution in [0.25, 0.3) is 0 Å². The first-order chi connectivity index (χ1) is 11.1. The van der Waals surface area contributed by atoms with Crippen LogP contribution in [0.1, 0.15) is 25.8 Å². The summed E-state index contributed by atoms with van der Waals surface area (Å²) in [5, 5.41) is 3.17. The molecule has 23 heavy (non-hydrogen) atoms. The first kappa shape index (κ1) is 18.6. The molecule has 1 fully saturated rings. The van der Waals surface area contributed by atoms with Crippen LogP contribution < -0.4 is 5.32 Å². The second-order valence-corrected chi connectivity index (χ2v) is 7.43. The van der Waals surface area contributed by atoms with Crippen LogP contribution in [0.4, 0.5) is 4.39 Å². The SMILES string of the molecule is CCOP(=O)(OCC)N(Cc1ccccc1)C1CNCCC1F. The number of benzene rings is 1. The monoisotopic (exact) mass is 344 g/mol. The zero-order valence-electron chi connectivity index (χ0n) is 13.8. The standard InChI is InChI=1S/C16H26FN2O3P/c1-3-21-23(20,22-4-2)19(13-14-8-6-5-7-9-14)16-12-18-11-10-15(16)17/h5-9,15-16,18H,3-4,10-13H2,1-2H3. The first-order valence-corrected chi connectivity index (χ1v) is 9.65. The molecule has 0 spiro atoms. The van der Waals surface area contributed by atoms with E-state index in [-0.39, 0.29) is 13.2 Å². The third-order valence-corrected chi connectivity index (χ3v) is 6.07. The largest absolute Gasteiger partial charge is 0.408 e. The van der Waals surface area contributed by atoms with E-state index < -0.39 is 20.0 Å². The van der Waals surface area contributed by atoms with Crippen LogP contribution in [0, 0.1) is 0 Å². The van der Waals surface area contributed by atoms with Crippen molar-refractivity contribution in [1.29, 1.82) is 0 Å². The molecule has 1 aliphatic rings. The van der Waals surface area contributed by atoms with Gasteiger partial charge in [0.25, 0.3) is 0 Å². The Hall–Kier alpha value is -0.780. The number of nitrogens with zero attached hydrogens (tertiary/aromatic N) is 1. The van der Waals surface area contributed by atoms with Crippen LogP contribution in [0.5, 0.6) is 0 Å². The van der Waals surface area contributed by atoms with Gasteiger partial charge in [-0.05, 0) is 32.4 Å². The van der Waals surface area contributed by atoms with Gasteiger partial charge in [0, 0.05) is 13.1 Å². The highest BCUT2D eigenvalue weighted by atomic mass is 31.2. The van der Waals surface area contributed by atoms with E-state index in [1.165, 1.54) is 0 Å². The second-order valence-electron chi connectivity index (χ2n) is 5.46. The first-order valence-electron chi connectivity index (χ1n) is 8.15. The van der Waals surface area contributed by atoms with Gasteiger partial charge in [-0.15, -0.1) is 0 Å². The van der Waals surface area contributed by atoms with E-state index in [2.05, 4.69) is 5.32 Å². The van der Waals surface area contributed by atoms with Gasteiger partial charge in [0.15, 0.2) is 0 Å². The van der Waals surface area contributed by atoms with Gasteiger partial charge >= 0.3 is 7.75 Å². The van der Waals surface area contributed by atoms with Gasteiger partial charge in [-0.1, -0.05) is 30.3 Å². The Balaban J connectivity index is 2.30. The fourth-order valence-corrected chi connectivity index (χ4v) is 4.72. The van der Waals surface area contributed by atoms with Crippen LogP contribution >= 0.6 is 7.75 Å². The van der Waals surface area contributed by atoms with Crippen molar-refractivity contribution in [1.82, 2.24) is 9.99 Å². The summed E-state index contributed by atoms with van der Waals surface area (Å²) in [5.41, 5.74) is 0.949. The average molecular weight is 344 g/mol. The minimum Gasteiger partial charge on any atom is -0.315 e. The summed E-state index contributed by atoms with van der Waals surface area (Å²) in [6.45, 7) is 5.41. The topological polar surface area (TPSA) is 50.8 Å². The van der Waals surface area contributed by atoms with Crippen molar-refractivity contribution in [2.75, 3.05) is 26.3 Å². The summed E-state index contributed by atoms with van der Waals surface area (Å²) in [7, 11) is -3.55. The van der Waals surface area contributed by atoms with Crippen molar-refractivity contribution in [2.24, 2.45) is 0 Å². The molecular formula is C16H26FN2O3P. The molecule has 0 aromatic heterocycles. The molecular weight excluding hydrogens is 318 g/mol. The molecule has 130 valence electrons. The molecule has 0 aliphatic carbocycles. The maximum atomic E-state index is 14.5. The Bertz CT molecular complexity index is 507. The number of hydrogen-bond donors (Lipinski definition) is 1. The highest BCUT2D eigenvalue weighted by molar-refractivity contribution is 7.51. The van der Waals surface area contributed by atoms with Crippen molar-refractivity contribution < 1.29 is 18.0 Å². The molecule has 1 N–H and O–H groups in total. The number of halogens is 1. The summed E-state index contributed by atoms with van der Waals surface area (Å²) in [6.07, 6.45) is -0.664. The van der Waals surface area contributed by atoms with E-state index in [0.717, 1.165) is 5.56 Å². The Morgan fingerprint density at radius 2 is 1.91 bits per heavy atom. The Morgan fingerprint density at radius 3 is 2.48 bits per heavy atom. The Morgan fingerprint density at radius 1 is 1.26 bits per heavy atom. The minimum atomic E-state index is -3.55. The summed E-state index contributed by atoms with van der Waals surface area (Å²) in [4.78, 5) is 0. The highest BCUT2D eigenvalue weighted by Crippen LogP contribution is 2.54. The molecule has 0 radical (unpaired) electrons. The lowest BCUT2D eigenvalue weighted by molar-refractivity contribution is 0.0897. The number of piperidine rings is 1. The molecule has 1 aromatic rings. The Kier molecular flexibility index (Phi) is 7.18. The van der Waals surface area contributed by atoms with Gasteiger partial charge in [-0.3, -0.25) is 9.05 Å². The summed E-state index contributed by atoms with van der Waals surface area (Å²) in [6, 6.07) is 9.06. The number of alkyl halides is 1. The lowest BCUT2D eigenvalue weighted by Gasteiger charge is -2.39. The third-order valence-electron chi connectivity index (χ3n) is 3.84. The van der Waals surface area contributed by atoms with Gasteiger partial charge in [0.1, 0.15) is 6.17 Å². The van der Waals surface area contributed by atoms with Crippen molar-refractivity contribution in [3.8, 4) is 0 Å². The van der Waals surface area contributed by atoms with Crippen molar-refractivity contribution in [2.45, 2.75) is 39.0 Å². The molecule has 1 saturated heterocycles. The minimum absolute atomic E-state index is 0.250. The fourth-order valence-electron chi connectivity index (χ4n) is 2.77. The molecule has 0 bridgehead atoms. The molecule has 0 amide bonds. The number of hydrogen-bond acceptors (Lipinski definition) is 4. The van der Waals surface area contributed by atoms with Crippen LogP contribution in [-0.4, -0.2) is 43.2 Å². The molecule has 0 saturated carbocycles. The summed E-state index contributed by atoms with van der Waals surface area (Å²) >= 11 is 0. The number of nitrogens with one attached hydrogen (secondary N) is 1. The molecule has 1 aliphatic heterocycles. The maximum absolute atomic E-state index is 14.5. The second kappa shape index (κ2) is 8.90. The van der Waals surface area contributed by atoms with Crippen LogP contribution in [-0.2, 0) is 20.2 Å². The van der Waals surface area contributed by atoms with Gasteiger partial charge in [-0.25, -0.2) is 8.96 Å². The number of rotatable bonds is 8. The fraction of sp³-hybridized carbons (Fsp3) is 0.625. The molecule has 2 unspecified atom stereocenters. The molecule has 5 nitrogen and oxygen atoms in total. The zero-order chi connectivity index (χ0) is 16.7. The van der Waals surface area contributed by atoms with Crippen molar-refractivity contribution >= 4 is 7.75 Å². The maximum Gasteiger partial charge on any atom is 0.408 e. The Labute approximate surface area is 137 Å². The average Bonchev–Trinajstić information content (AvgIpc) is 2.55. The highest BCUT2D eigenvalue weighted by Gasteiger charge is 2.42. The summed E-state index contributed by atoms with van der Waals surface area (Å²) in [5.74, 6) is 0. The van der Waals surface area contributed by atoms with Gasteiger partial charge < -0.3 is 5.32 Å². The van der Waals surface area contributed by atoms with Crippen molar-refractivity contribution in [3.63, 3.8) is 0 Å².